The van der Waals surface area contributed by atoms with Crippen LogP contribution in [0, 0.1) is 6.92 Å². The predicted molar refractivity (Wildman–Crippen MR) is 90.1 cm³/mol. The third-order valence-corrected chi connectivity index (χ3v) is 3.99. The second kappa shape index (κ2) is 8.09. The Bertz CT molecular complexity index is 708. The Morgan fingerprint density at radius 2 is 2.00 bits per heavy atom. The fourth-order valence-electron chi connectivity index (χ4n) is 1.72. The van der Waals surface area contributed by atoms with Crippen LogP contribution in [-0.4, -0.2) is 31.7 Å². The molecule has 2 aromatic rings. The molecule has 0 aliphatic carbocycles. The summed E-state index contributed by atoms with van der Waals surface area (Å²) in [7, 11) is 1.55. The summed E-state index contributed by atoms with van der Waals surface area (Å²) in [6, 6.07) is 8.60. The van der Waals surface area contributed by atoms with E-state index in [2.05, 4.69) is 15.8 Å². The van der Waals surface area contributed by atoms with Gasteiger partial charge in [-0.3, -0.25) is 9.59 Å². The number of nitrogens with zero attached hydrogens (tertiary/aromatic N) is 1. The minimum atomic E-state index is -0.391. The van der Waals surface area contributed by atoms with Gasteiger partial charge in [0, 0.05) is 10.4 Å². The average Bonchev–Trinajstić information content (AvgIpc) is 2.98. The van der Waals surface area contributed by atoms with Gasteiger partial charge in [0.1, 0.15) is 5.75 Å². The number of aryl methyl sites for hydroxylation is 1. The summed E-state index contributed by atoms with van der Waals surface area (Å²) >= 11 is 1.54. The highest BCUT2D eigenvalue weighted by atomic mass is 32.1. The minimum absolute atomic E-state index is 0.147. The molecule has 2 N–H and O–H groups in total. The monoisotopic (exact) mass is 331 g/mol. The molecule has 0 aliphatic rings. The van der Waals surface area contributed by atoms with Crippen molar-refractivity contribution in [2.24, 2.45) is 5.10 Å². The number of hydrazone groups is 1. The summed E-state index contributed by atoms with van der Waals surface area (Å²) in [6.45, 7) is 1.82. The third kappa shape index (κ3) is 4.93. The van der Waals surface area contributed by atoms with Gasteiger partial charge >= 0.3 is 0 Å². The van der Waals surface area contributed by atoms with Crippen molar-refractivity contribution in [3.63, 3.8) is 0 Å². The summed E-state index contributed by atoms with van der Waals surface area (Å²) < 4.78 is 5.02. The standard InChI is InChI=1S/C16H17N3O3S/c1-11-7-8-23-14(11)9-18-19-15(20)10-17-16(21)12-3-5-13(22-2)6-4-12/h3-9H,10H2,1-2H3,(H,17,21)(H,19,20)/b18-9-. The zero-order chi connectivity index (χ0) is 16.7. The van der Waals surface area contributed by atoms with Crippen LogP contribution in [0.2, 0.25) is 0 Å². The van der Waals surface area contributed by atoms with Gasteiger partial charge in [-0.25, -0.2) is 5.43 Å². The Balaban J connectivity index is 1.78. The molecule has 1 heterocycles. The molecule has 6 nitrogen and oxygen atoms in total. The van der Waals surface area contributed by atoms with E-state index in [9.17, 15) is 9.59 Å². The molecule has 0 aliphatic heterocycles. The van der Waals surface area contributed by atoms with Crippen LogP contribution in [0.1, 0.15) is 20.8 Å². The van der Waals surface area contributed by atoms with Gasteiger partial charge in [-0.1, -0.05) is 0 Å². The fraction of sp³-hybridized carbons (Fsp3) is 0.188. The number of hydrogen-bond acceptors (Lipinski definition) is 5. The molecule has 0 unspecified atom stereocenters. The molecule has 23 heavy (non-hydrogen) atoms. The van der Waals surface area contributed by atoms with E-state index in [1.165, 1.54) is 11.3 Å². The lowest BCUT2D eigenvalue weighted by Gasteiger charge is -2.05. The molecule has 0 radical (unpaired) electrons. The molecular weight excluding hydrogens is 314 g/mol. The second-order valence-corrected chi connectivity index (χ2v) is 5.62. The molecule has 0 atom stereocenters. The van der Waals surface area contributed by atoms with E-state index >= 15 is 0 Å². The van der Waals surface area contributed by atoms with Crippen LogP contribution >= 0.6 is 11.3 Å². The maximum Gasteiger partial charge on any atom is 0.259 e. The smallest absolute Gasteiger partial charge is 0.259 e. The zero-order valence-electron chi connectivity index (χ0n) is 12.8. The van der Waals surface area contributed by atoms with Crippen molar-refractivity contribution in [1.29, 1.82) is 0 Å². The van der Waals surface area contributed by atoms with Crippen molar-refractivity contribution < 1.29 is 14.3 Å². The first kappa shape index (κ1) is 16.7. The average molecular weight is 331 g/mol. The lowest BCUT2D eigenvalue weighted by atomic mass is 10.2. The molecule has 0 spiro atoms. The maximum absolute atomic E-state index is 11.9. The van der Waals surface area contributed by atoms with Crippen molar-refractivity contribution in [3.8, 4) is 5.75 Å². The van der Waals surface area contributed by atoms with Crippen LogP contribution < -0.4 is 15.5 Å². The molecule has 1 aromatic carbocycles. The highest BCUT2D eigenvalue weighted by Crippen LogP contribution is 2.12. The van der Waals surface area contributed by atoms with E-state index in [4.69, 9.17) is 4.74 Å². The number of nitrogens with one attached hydrogen (secondary N) is 2. The van der Waals surface area contributed by atoms with Gasteiger partial charge < -0.3 is 10.1 Å². The Hall–Kier alpha value is -2.67. The molecule has 7 heteroatoms. The van der Waals surface area contributed by atoms with Crippen molar-refractivity contribution in [2.75, 3.05) is 13.7 Å². The number of rotatable bonds is 6. The maximum atomic E-state index is 11.9. The van der Waals surface area contributed by atoms with Gasteiger partial charge in [0.2, 0.25) is 0 Å². The fourth-order valence-corrected chi connectivity index (χ4v) is 2.51. The molecule has 120 valence electrons. The Labute approximate surface area is 138 Å². The number of thiophene rings is 1. The van der Waals surface area contributed by atoms with Crippen LogP contribution in [0.4, 0.5) is 0 Å². The largest absolute Gasteiger partial charge is 0.497 e. The van der Waals surface area contributed by atoms with E-state index in [1.54, 1.807) is 37.6 Å². The van der Waals surface area contributed by atoms with Crippen LogP contribution in [0.3, 0.4) is 0 Å². The number of carbonyl (C=O) groups excluding carboxylic acids is 2. The van der Waals surface area contributed by atoms with Gasteiger partial charge in [-0.15, -0.1) is 11.3 Å². The molecule has 0 fully saturated rings. The van der Waals surface area contributed by atoms with Crippen molar-refractivity contribution in [3.05, 3.63) is 51.7 Å². The van der Waals surface area contributed by atoms with Gasteiger partial charge in [0.15, 0.2) is 0 Å². The minimum Gasteiger partial charge on any atom is -0.497 e. The van der Waals surface area contributed by atoms with E-state index < -0.39 is 5.91 Å². The van der Waals surface area contributed by atoms with Crippen molar-refractivity contribution in [1.82, 2.24) is 10.7 Å². The first-order chi connectivity index (χ1) is 11.1. The van der Waals surface area contributed by atoms with Crippen LogP contribution in [-0.2, 0) is 4.79 Å². The lowest BCUT2D eigenvalue weighted by molar-refractivity contribution is -0.120. The number of benzene rings is 1. The zero-order valence-corrected chi connectivity index (χ0v) is 13.6. The van der Waals surface area contributed by atoms with Gasteiger partial charge in [0.05, 0.1) is 19.9 Å². The molecule has 0 saturated heterocycles. The summed E-state index contributed by atoms with van der Waals surface area (Å²) in [5.41, 5.74) is 3.93. The van der Waals surface area contributed by atoms with Crippen LogP contribution in [0.15, 0.2) is 40.8 Å². The van der Waals surface area contributed by atoms with E-state index in [0.29, 0.717) is 11.3 Å². The molecule has 2 amide bonds. The van der Waals surface area contributed by atoms with Gasteiger partial charge in [0.25, 0.3) is 11.8 Å². The summed E-state index contributed by atoms with van der Waals surface area (Å²) in [5, 5.41) is 8.35. The molecular formula is C16H17N3O3S. The summed E-state index contributed by atoms with van der Waals surface area (Å²) in [4.78, 5) is 24.5. The third-order valence-electron chi connectivity index (χ3n) is 3.03. The quantitative estimate of drug-likeness (QED) is 0.627. The Kier molecular flexibility index (Phi) is 5.87. The first-order valence-corrected chi connectivity index (χ1v) is 7.76. The van der Waals surface area contributed by atoms with E-state index in [-0.39, 0.29) is 12.5 Å². The van der Waals surface area contributed by atoms with Crippen LogP contribution in [0.25, 0.3) is 0 Å². The molecule has 1 aromatic heterocycles. The second-order valence-electron chi connectivity index (χ2n) is 4.67. The van der Waals surface area contributed by atoms with Gasteiger partial charge in [-0.05, 0) is 48.2 Å². The Morgan fingerprint density at radius 3 is 2.61 bits per heavy atom. The Morgan fingerprint density at radius 1 is 1.26 bits per heavy atom. The first-order valence-electron chi connectivity index (χ1n) is 6.88. The molecule has 2 rings (SSSR count). The van der Waals surface area contributed by atoms with Crippen LogP contribution in [0.5, 0.6) is 5.75 Å². The number of ether oxygens (including phenoxy) is 1. The molecule has 0 saturated carbocycles. The summed E-state index contributed by atoms with van der Waals surface area (Å²) in [6.07, 6.45) is 1.59. The number of carbonyl (C=O) groups is 2. The predicted octanol–water partition coefficient (Wildman–Crippen LogP) is 1.95. The SMILES string of the molecule is COc1ccc(C(=O)NCC(=O)N/N=C\c2sccc2C)cc1. The van der Waals surface area contributed by atoms with Gasteiger partial charge in [-0.2, -0.15) is 5.10 Å². The number of amides is 2. The van der Waals surface area contributed by atoms with Crippen molar-refractivity contribution in [2.45, 2.75) is 6.92 Å². The lowest BCUT2D eigenvalue weighted by Crippen LogP contribution is -2.34. The topological polar surface area (TPSA) is 79.8 Å². The van der Waals surface area contributed by atoms with E-state index in [0.717, 1.165) is 10.4 Å². The number of methoxy groups -OCH3 is 1. The summed E-state index contributed by atoms with van der Waals surface area (Å²) in [5.74, 6) is -0.0595. The highest BCUT2D eigenvalue weighted by Gasteiger charge is 2.07. The number of hydrogen-bond donors (Lipinski definition) is 2. The highest BCUT2D eigenvalue weighted by molar-refractivity contribution is 7.11. The van der Waals surface area contributed by atoms with Crippen molar-refractivity contribution >= 4 is 29.4 Å². The normalized spacial score (nSPS) is 10.5. The van der Waals surface area contributed by atoms with E-state index in [1.807, 2.05) is 18.4 Å². The molecule has 0 bridgehead atoms.